The zero-order valence-electron chi connectivity index (χ0n) is 28.4. The Morgan fingerprint density at radius 2 is 1.76 bits per heavy atom. The minimum atomic E-state index is -4.90. The third-order valence-electron chi connectivity index (χ3n) is 7.37. The first kappa shape index (κ1) is 38.8. The number of H-pyrrole nitrogens is 1. The van der Waals surface area contributed by atoms with Gasteiger partial charge in [-0.25, -0.2) is 19.1 Å². The molecule has 0 saturated heterocycles. The minimum Gasteiger partial charge on any atom is -0.496 e. The van der Waals surface area contributed by atoms with Crippen molar-refractivity contribution in [3.8, 4) is 17.0 Å². The predicted octanol–water partition coefficient (Wildman–Crippen LogP) is 5.84. The number of hydrogen-bond acceptors (Lipinski definition) is 9. The van der Waals surface area contributed by atoms with E-state index < -0.39 is 59.0 Å². The van der Waals surface area contributed by atoms with Gasteiger partial charge in [-0.15, -0.1) is 0 Å². The van der Waals surface area contributed by atoms with Gasteiger partial charge in [-0.1, -0.05) is 17.7 Å². The van der Waals surface area contributed by atoms with E-state index in [9.17, 15) is 31.9 Å². The summed E-state index contributed by atoms with van der Waals surface area (Å²) in [5, 5.41) is 13.7. The third-order valence-corrected chi connectivity index (χ3v) is 7.66. The molecule has 1 atom stereocenters. The number of benzene rings is 2. The van der Waals surface area contributed by atoms with E-state index in [2.05, 4.69) is 31.1 Å². The van der Waals surface area contributed by atoms with Gasteiger partial charge in [0.15, 0.2) is 0 Å². The van der Waals surface area contributed by atoms with Crippen LogP contribution in [0.1, 0.15) is 67.7 Å². The van der Waals surface area contributed by atoms with Crippen molar-refractivity contribution in [2.75, 3.05) is 13.7 Å². The maximum Gasteiger partial charge on any atom is 0.408 e. The summed E-state index contributed by atoms with van der Waals surface area (Å²) in [6, 6.07) is 10.4. The second-order valence-corrected chi connectivity index (χ2v) is 13.3. The Kier molecular flexibility index (Phi) is 11.8. The number of nitrogens with one attached hydrogen (secondary N) is 3. The molecule has 2 aromatic heterocycles. The molecule has 2 amide bonds. The summed E-state index contributed by atoms with van der Waals surface area (Å²) in [4.78, 5) is 41.7. The number of nitrogens with zero attached hydrogens (tertiary/aromatic N) is 4. The molecule has 0 aliphatic rings. The lowest BCUT2D eigenvalue weighted by Crippen LogP contribution is -2.44. The number of amides is 2. The molecule has 1 unspecified atom stereocenters. The Balaban J connectivity index is 1.62. The number of carbonyl (C=O) groups is 2. The fourth-order valence-electron chi connectivity index (χ4n) is 4.76. The molecule has 0 saturated carbocycles. The maximum absolute atomic E-state index is 14.7. The van der Waals surface area contributed by atoms with Crippen LogP contribution in [0, 0.1) is 5.82 Å². The lowest BCUT2D eigenvalue weighted by Gasteiger charge is -2.30. The molecule has 3 N–H and O–H groups in total. The molecule has 2 heterocycles. The van der Waals surface area contributed by atoms with Gasteiger partial charge in [-0.3, -0.25) is 9.78 Å². The molecule has 4 rings (SSSR count). The van der Waals surface area contributed by atoms with Gasteiger partial charge >= 0.3 is 18.0 Å². The molecule has 0 aliphatic heterocycles. The van der Waals surface area contributed by atoms with Crippen molar-refractivity contribution in [3.05, 3.63) is 92.2 Å². The van der Waals surface area contributed by atoms with Gasteiger partial charge < -0.3 is 24.8 Å². The van der Waals surface area contributed by atoms with Crippen molar-refractivity contribution in [1.82, 2.24) is 35.8 Å². The number of aromatic amines is 1. The Morgan fingerprint density at radius 1 is 1.04 bits per heavy atom. The van der Waals surface area contributed by atoms with E-state index in [4.69, 9.17) is 25.8 Å². The van der Waals surface area contributed by atoms with Crippen LogP contribution in [0.3, 0.4) is 0 Å². The molecule has 51 heavy (non-hydrogen) atoms. The van der Waals surface area contributed by atoms with Crippen LogP contribution in [0.2, 0.25) is 5.02 Å². The first-order chi connectivity index (χ1) is 23.8. The number of tetrazole rings is 1. The normalized spacial score (nSPS) is 12.7. The Morgan fingerprint density at radius 3 is 2.37 bits per heavy atom. The van der Waals surface area contributed by atoms with Gasteiger partial charge in [-0.05, 0) is 93.1 Å². The molecule has 0 fully saturated rings. The summed E-state index contributed by atoms with van der Waals surface area (Å²) < 4.78 is 75.3. The molecule has 18 heteroatoms. The van der Waals surface area contributed by atoms with E-state index in [-0.39, 0.29) is 46.5 Å². The smallest absolute Gasteiger partial charge is 0.408 e. The monoisotopic (exact) mass is 737 g/mol. The largest absolute Gasteiger partial charge is 0.496 e. The number of alkyl halides is 3. The van der Waals surface area contributed by atoms with E-state index in [1.54, 1.807) is 34.6 Å². The van der Waals surface area contributed by atoms with Crippen LogP contribution < -0.4 is 21.1 Å². The van der Waals surface area contributed by atoms with Crippen LogP contribution in [0.5, 0.6) is 5.75 Å². The van der Waals surface area contributed by atoms with Gasteiger partial charge in [0.2, 0.25) is 0 Å². The van der Waals surface area contributed by atoms with E-state index >= 15 is 0 Å². The molecule has 13 nitrogen and oxygen atoms in total. The number of alkyl carbamates (subject to hydrolysis) is 1. The Hall–Kier alpha value is -5.03. The van der Waals surface area contributed by atoms with Gasteiger partial charge in [0, 0.05) is 23.2 Å². The lowest BCUT2D eigenvalue weighted by atomic mass is 9.90. The first-order valence-corrected chi connectivity index (χ1v) is 15.7. The maximum atomic E-state index is 14.7. The topological polar surface area (TPSA) is 162 Å². The van der Waals surface area contributed by atoms with E-state index in [0.717, 1.165) is 10.7 Å². The SMILES string of the molecule is COc1cc(C(=O)NCC(c2cc(C(C)(C)NC(=O)OC(C)(C)C)cc(-c3ccc(F)c(Cl)c3)n2)C(F)(F)F)ccc1COCn1nn[nH]c1=O. The quantitative estimate of drug-likeness (QED) is 0.152. The highest BCUT2D eigenvalue weighted by Gasteiger charge is 2.43. The molecule has 274 valence electrons. The second-order valence-electron chi connectivity index (χ2n) is 12.9. The van der Waals surface area contributed by atoms with Gasteiger partial charge in [0.05, 0.1) is 35.7 Å². The molecule has 4 aromatic rings. The number of hydrogen-bond donors (Lipinski definition) is 3. The van der Waals surface area contributed by atoms with Crippen molar-refractivity contribution < 1.29 is 41.4 Å². The molecule has 0 spiro atoms. The van der Waals surface area contributed by atoms with Crippen LogP contribution >= 0.6 is 11.6 Å². The average molecular weight is 738 g/mol. The van der Waals surface area contributed by atoms with E-state index in [0.29, 0.717) is 5.56 Å². The standard InChI is InChI=1S/C33H36ClF4N7O6/c1-31(2,3)51-30(48)41-32(4,5)21-13-25(18-9-10-24(35)23(34)11-18)40-26(14-21)22(33(36,37)38)15-39-28(46)19-7-8-20(27(12-19)49-6)16-50-17-45-29(47)42-43-44-45/h7-14,22H,15-17H2,1-6H3,(H,39,46)(H,41,48)(H,42,44,47). The summed E-state index contributed by atoms with van der Waals surface area (Å²) in [5.74, 6) is -3.68. The van der Waals surface area contributed by atoms with Crippen LogP contribution in [0.15, 0.2) is 53.3 Å². The number of halogens is 5. The zero-order valence-corrected chi connectivity index (χ0v) is 29.2. The summed E-state index contributed by atoms with van der Waals surface area (Å²) in [7, 11) is 1.34. The van der Waals surface area contributed by atoms with Crippen molar-refractivity contribution in [3.63, 3.8) is 0 Å². The summed E-state index contributed by atoms with van der Waals surface area (Å²) in [5.41, 5.74) is -2.28. The molecular weight excluding hydrogens is 702 g/mol. The number of aromatic nitrogens is 5. The van der Waals surface area contributed by atoms with Gasteiger partial charge in [0.25, 0.3) is 5.91 Å². The number of pyridine rings is 1. The molecule has 0 bridgehead atoms. The highest BCUT2D eigenvalue weighted by molar-refractivity contribution is 6.31. The van der Waals surface area contributed by atoms with Crippen molar-refractivity contribution >= 4 is 23.6 Å². The molecular formula is C33H36ClF4N7O6. The minimum absolute atomic E-state index is 0.00436. The highest BCUT2D eigenvalue weighted by atomic mass is 35.5. The van der Waals surface area contributed by atoms with Crippen molar-refractivity contribution in [2.24, 2.45) is 0 Å². The number of ether oxygens (including phenoxy) is 3. The zero-order chi connectivity index (χ0) is 37.7. The summed E-state index contributed by atoms with van der Waals surface area (Å²) >= 11 is 5.99. The second kappa shape index (κ2) is 15.5. The van der Waals surface area contributed by atoms with Gasteiger partial charge in [0.1, 0.15) is 29.8 Å². The lowest BCUT2D eigenvalue weighted by molar-refractivity contribution is -0.149. The number of methoxy groups -OCH3 is 1. The summed E-state index contributed by atoms with van der Waals surface area (Å²) in [6.45, 7) is 6.93. The fourth-order valence-corrected chi connectivity index (χ4v) is 4.94. The van der Waals surface area contributed by atoms with Crippen LogP contribution in [0.25, 0.3) is 11.3 Å². The molecule has 2 aromatic carbocycles. The van der Waals surface area contributed by atoms with Crippen LogP contribution in [0.4, 0.5) is 22.4 Å². The number of rotatable bonds is 12. The van der Waals surface area contributed by atoms with E-state index in [1.165, 1.54) is 49.6 Å². The molecule has 0 radical (unpaired) electrons. The van der Waals surface area contributed by atoms with Crippen molar-refractivity contribution in [1.29, 1.82) is 0 Å². The fraction of sp³-hybridized carbons (Fsp3) is 0.394. The first-order valence-electron chi connectivity index (χ1n) is 15.3. The third kappa shape index (κ3) is 10.3. The highest BCUT2D eigenvalue weighted by Crippen LogP contribution is 2.37. The van der Waals surface area contributed by atoms with Crippen molar-refractivity contribution in [2.45, 2.75) is 71.2 Å². The Bertz CT molecular complexity index is 1940. The summed E-state index contributed by atoms with van der Waals surface area (Å²) in [6.07, 6.45) is -5.71. The van der Waals surface area contributed by atoms with E-state index in [1.807, 2.05) is 0 Å². The van der Waals surface area contributed by atoms with Crippen LogP contribution in [-0.4, -0.2) is 62.6 Å². The average Bonchev–Trinajstić information content (AvgIpc) is 3.44. The predicted molar refractivity (Wildman–Crippen MR) is 177 cm³/mol. The number of carbonyl (C=O) groups excluding carboxylic acids is 2. The van der Waals surface area contributed by atoms with Crippen LogP contribution in [-0.2, 0) is 28.4 Å². The molecule has 0 aliphatic carbocycles. The Labute approximate surface area is 294 Å². The van der Waals surface area contributed by atoms with Gasteiger partial charge in [-0.2, -0.15) is 17.9 Å².